The molecule has 3 N–H and O–H groups in total. The van der Waals surface area contributed by atoms with Crippen molar-refractivity contribution in [2.24, 2.45) is 5.73 Å². The lowest BCUT2D eigenvalue weighted by atomic mass is 9.90. The largest absolute Gasteiger partial charge is 0.497 e. The number of amides is 1. The fourth-order valence-electron chi connectivity index (χ4n) is 2.35. The molecule has 1 saturated heterocycles. The zero-order valence-corrected chi connectivity index (χ0v) is 12.8. The first-order chi connectivity index (χ1) is 10.9. The maximum atomic E-state index is 12.5. The second-order valence-electron chi connectivity index (χ2n) is 5.30. The number of rotatable bonds is 6. The smallest absolute Gasteiger partial charge is 0.387 e. The molecule has 1 heterocycles. The van der Waals surface area contributed by atoms with Crippen LogP contribution in [-0.2, 0) is 16.1 Å². The molecule has 0 aliphatic carbocycles. The number of ether oxygens (including phenoxy) is 3. The molecule has 0 spiro atoms. The van der Waals surface area contributed by atoms with Crippen molar-refractivity contribution in [1.82, 2.24) is 5.32 Å². The lowest BCUT2D eigenvalue weighted by Crippen LogP contribution is -2.56. The van der Waals surface area contributed by atoms with E-state index in [1.807, 2.05) is 0 Å². The maximum Gasteiger partial charge on any atom is 0.387 e. The number of hydrogen-bond acceptors (Lipinski definition) is 5. The van der Waals surface area contributed by atoms with Crippen LogP contribution in [0.15, 0.2) is 18.2 Å². The first-order valence-electron chi connectivity index (χ1n) is 7.21. The highest BCUT2D eigenvalue weighted by atomic mass is 19.3. The van der Waals surface area contributed by atoms with Gasteiger partial charge in [0.05, 0.1) is 12.6 Å². The third kappa shape index (κ3) is 4.52. The van der Waals surface area contributed by atoms with Gasteiger partial charge < -0.3 is 25.3 Å². The Morgan fingerprint density at radius 2 is 2.13 bits per heavy atom. The topological polar surface area (TPSA) is 82.8 Å². The van der Waals surface area contributed by atoms with Crippen molar-refractivity contribution in [2.75, 3.05) is 20.3 Å². The van der Waals surface area contributed by atoms with Gasteiger partial charge in [0, 0.05) is 25.3 Å². The molecule has 1 aliphatic rings. The summed E-state index contributed by atoms with van der Waals surface area (Å²) >= 11 is 0. The van der Waals surface area contributed by atoms with E-state index < -0.39 is 12.2 Å². The van der Waals surface area contributed by atoms with Crippen molar-refractivity contribution in [3.8, 4) is 11.5 Å². The molecule has 0 atom stereocenters. The lowest BCUT2D eigenvalue weighted by Gasteiger charge is -2.31. The zero-order chi connectivity index (χ0) is 16.9. The van der Waals surface area contributed by atoms with Crippen LogP contribution in [0.25, 0.3) is 0 Å². The molecular formula is C15H20F2N2O4. The highest BCUT2D eigenvalue weighted by molar-refractivity contribution is 5.86. The van der Waals surface area contributed by atoms with E-state index in [4.69, 9.17) is 15.2 Å². The summed E-state index contributed by atoms with van der Waals surface area (Å²) in [5.41, 5.74) is 5.46. The summed E-state index contributed by atoms with van der Waals surface area (Å²) in [6.45, 7) is -2.10. The van der Waals surface area contributed by atoms with Gasteiger partial charge in [-0.15, -0.1) is 0 Å². The quantitative estimate of drug-likeness (QED) is 0.824. The van der Waals surface area contributed by atoms with Crippen LogP contribution in [0.4, 0.5) is 8.78 Å². The Morgan fingerprint density at radius 3 is 2.74 bits per heavy atom. The molecule has 0 unspecified atom stereocenters. The van der Waals surface area contributed by atoms with E-state index in [0.29, 0.717) is 37.4 Å². The molecule has 23 heavy (non-hydrogen) atoms. The Labute approximate surface area is 132 Å². The van der Waals surface area contributed by atoms with Crippen LogP contribution < -0.4 is 20.5 Å². The lowest BCUT2D eigenvalue weighted by molar-refractivity contribution is -0.129. The van der Waals surface area contributed by atoms with E-state index in [1.54, 1.807) is 0 Å². The third-order valence-corrected chi connectivity index (χ3v) is 3.76. The van der Waals surface area contributed by atoms with Crippen LogP contribution in [0.2, 0.25) is 0 Å². The SMILES string of the molecule is COc1ccc(OC(F)F)c(CNC(=O)C2(N)CCOCC2)c1. The van der Waals surface area contributed by atoms with Crippen LogP contribution in [0, 0.1) is 0 Å². The van der Waals surface area contributed by atoms with Gasteiger partial charge >= 0.3 is 6.61 Å². The Hall–Kier alpha value is -1.93. The van der Waals surface area contributed by atoms with E-state index in [2.05, 4.69) is 10.1 Å². The van der Waals surface area contributed by atoms with E-state index >= 15 is 0 Å². The normalized spacial score (nSPS) is 16.9. The van der Waals surface area contributed by atoms with Gasteiger partial charge in [-0.05, 0) is 31.0 Å². The molecule has 2 rings (SSSR count). The van der Waals surface area contributed by atoms with Crippen LogP contribution >= 0.6 is 0 Å². The summed E-state index contributed by atoms with van der Waals surface area (Å²) < 4.78 is 39.6. The van der Waals surface area contributed by atoms with Crippen molar-refractivity contribution in [2.45, 2.75) is 31.5 Å². The van der Waals surface area contributed by atoms with Gasteiger partial charge in [-0.3, -0.25) is 4.79 Å². The second-order valence-corrected chi connectivity index (χ2v) is 5.30. The Kier molecular flexibility index (Phi) is 5.73. The number of halogens is 2. The van der Waals surface area contributed by atoms with Gasteiger partial charge in [0.1, 0.15) is 11.5 Å². The minimum absolute atomic E-state index is 0.0118. The van der Waals surface area contributed by atoms with Gasteiger partial charge in [0.2, 0.25) is 5.91 Å². The summed E-state index contributed by atoms with van der Waals surface area (Å²) in [6.07, 6.45) is 0.828. The molecule has 1 aliphatic heterocycles. The fourth-order valence-corrected chi connectivity index (χ4v) is 2.35. The number of benzene rings is 1. The van der Waals surface area contributed by atoms with Crippen LogP contribution in [0.5, 0.6) is 11.5 Å². The predicted octanol–water partition coefficient (Wildman–Crippen LogP) is 1.42. The zero-order valence-electron chi connectivity index (χ0n) is 12.8. The fraction of sp³-hybridized carbons (Fsp3) is 0.533. The summed E-state index contributed by atoms with van der Waals surface area (Å²) in [5.74, 6) is 0.121. The highest BCUT2D eigenvalue weighted by Crippen LogP contribution is 2.26. The van der Waals surface area contributed by atoms with Crippen LogP contribution in [-0.4, -0.2) is 38.4 Å². The number of nitrogens with two attached hydrogens (primary N) is 1. The summed E-state index contributed by atoms with van der Waals surface area (Å²) in [6, 6.07) is 4.41. The molecule has 1 aromatic rings. The van der Waals surface area contributed by atoms with Gasteiger partial charge in [0.15, 0.2) is 0 Å². The molecule has 128 valence electrons. The minimum Gasteiger partial charge on any atom is -0.497 e. The van der Waals surface area contributed by atoms with Crippen molar-refractivity contribution in [3.05, 3.63) is 23.8 Å². The maximum absolute atomic E-state index is 12.5. The molecule has 1 fully saturated rings. The van der Waals surface area contributed by atoms with Crippen LogP contribution in [0.1, 0.15) is 18.4 Å². The number of nitrogens with one attached hydrogen (secondary N) is 1. The molecule has 1 amide bonds. The highest BCUT2D eigenvalue weighted by Gasteiger charge is 2.35. The molecule has 6 nitrogen and oxygen atoms in total. The van der Waals surface area contributed by atoms with Gasteiger partial charge in [0.25, 0.3) is 0 Å². The third-order valence-electron chi connectivity index (χ3n) is 3.76. The number of methoxy groups -OCH3 is 1. The average molecular weight is 330 g/mol. The number of carbonyl (C=O) groups excluding carboxylic acids is 1. The van der Waals surface area contributed by atoms with Crippen molar-refractivity contribution in [1.29, 1.82) is 0 Å². The van der Waals surface area contributed by atoms with E-state index in [1.165, 1.54) is 25.3 Å². The van der Waals surface area contributed by atoms with Crippen molar-refractivity contribution in [3.63, 3.8) is 0 Å². The second kappa shape index (κ2) is 7.56. The number of carbonyl (C=O) groups is 1. The van der Waals surface area contributed by atoms with Crippen molar-refractivity contribution >= 4 is 5.91 Å². The van der Waals surface area contributed by atoms with E-state index in [9.17, 15) is 13.6 Å². The van der Waals surface area contributed by atoms with Gasteiger partial charge in [-0.1, -0.05) is 0 Å². The molecule has 0 radical (unpaired) electrons. The number of hydrogen-bond donors (Lipinski definition) is 2. The van der Waals surface area contributed by atoms with Gasteiger partial charge in [-0.2, -0.15) is 8.78 Å². The Morgan fingerprint density at radius 1 is 1.43 bits per heavy atom. The standard InChI is InChI=1S/C15H20F2N2O4/c1-21-11-2-3-12(23-14(16)17)10(8-11)9-19-13(20)15(18)4-6-22-7-5-15/h2-3,8,14H,4-7,9,18H2,1H3,(H,19,20). The molecule has 1 aromatic carbocycles. The average Bonchev–Trinajstić information content (AvgIpc) is 2.53. The van der Waals surface area contributed by atoms with Crippen molar-refractivity contribution < 1.29 is 27.8 Å². The monoisotopic (exact) mass is 330 g/mol. The summed E-state index contributed by atoms with van der Waals surface area (Å²) in [5, 5.41) is 2.67. The minimum atomic E-state index is -2.95. The molecule has 8 heteroatoms. The molecular weight excluding hydrogens is 310 g/mol. The van der Waals surface area contributed by atoms with Crippen LogP contribution in [0.3, 0.4) is 0 Å². The predicted molar refractivity (Wildman–Crippen MR) is 78.4 cm³/mol. The van der Waals surface area contributed by atoms with E-state index in [0.717, 1.165) is 0 Å². The Bertz CT molecular complexity index is 548. The summed E-state index contributed by atoms with van der Waals surface area (Å²) in [4.78, 5) is 12.3. The van der Waals surface area contributed by atoms with Gasteiger partial charge in [-0.25, -0.2) is 0 Å². The first-order valence-corrected chi connectivity index (χ1v) is 7.21. The Balaban J connectivity index is 2.07. The van der Waals surface area contributed by atoms with E-state index in [-0.39, 0.29) is 18.2 Å². The molecule has 0 aromatic heterocycles. The summed E-state index contributed by atoms with van der Waals surface area (Å²) in [7, 11) is 1.46. The number of alkyl halides is 2. The molecule has 0 bridgehead atoms. The first kappa shape index (κ1) is 17.4. The molecule has 0 saturated carbocycles.